The van der Waals surface area contributed by atoms with Crippen molar-refractivity contribution < 1.29 is 13.2 Å². The van der Waals surface area contributed by atoms with Crippen molar-refractivity contribution in [2.24, 2.45) is 0 Å². The molecule has 0 amide bonds. The van der Waals surface area contributed by atoms with E-state index in [1.165, 1.54) is 12.3 Å². The minimum absolute atomic E-state index is 0.173. The van der Waals surface area contributed by atoms with Crippen molar-refractivity contribution in [2.75, 3.05) is 0 Å². The van der Waals surface area contributed by atoms with Gasteiger partial charge in [-0.3, -0.25) is 4.98 Å². The quantitative estimate of drug-likeness (QED) is 0.651. The van der Waals surface area contributed by atoms with Crippen LogP contribution in [0.1, 0.15) is 45.2 Å². The Bertz CT molecular complexity index is 510. The van der Waals surface area contributed by atoms with Crippen molar-refractivity contribution in [1.82, 2.24) is 4.98 Å². The molecule has 1 aromatic carbocycles. The first-order chi connectivity index (χ1) is 9.09. The molecule has 0 bridgehead atoms. The molecule has 2 rings (SSSR count). The Morgan fingerprint density at radius 2 is 1.63 bits per heavy atom. The number of pyridine rings is 1. The van der Waals surface area contributed by atoms with Crippen LogP contribution in [0, 0.1) is 12.7 Å². The Balaban J connectivity index is 0.000000741. The highest BCUT2D eigenvalue weighted by molar-refractivity contribution is 5.84. The topological polar surface area (TPSA) is 12.9 Å². The lowest BCUT2D eigenvalue weighted by molar-refractivity contribution is 0.152. The number of nitrogens with zero attached hydrogens (tertiary/aromatic N) is 1. The molecule has 1 aromatic heterocycles. The van der Waals surface area contributed by atoms with Crippen LogP contribution in [0.5, 0.6) is 0 Å². The van der Waals surface area contributed by atoms with E-state index in [9.17, 15) is 13.2 Å². The number of benzene rings is 1. The molecule has 1 nitrogen and oxygen atoms in total. The number of alkyl halides is 2. The number of rotatable bonds is 1. The fraction of sp³-hybridized carbons (Fsp3) is 0.400. The van der Waals surface area contributed by atoms with Crippen LogP contribution in [0.25, 0.3) is 10.9 Å². The molecule has 0 radical (unpaired) electrons. The van der Waals surface area contributed by atoms with Crippen LogP contribution < -0.4 is 0 Å². The highest BCUT2D eigenvalue weighted by atomic mass is 19.3. The summed E-state index contributed by atoms with van der Waals surface area (Å²) in [7, 11) is 0. The van der Waals surface area contributed by atoms with Crippen LogP contribution in [0.15, 0.2) is 24.4 Å². The predicted molar refractivity (Wildman–Crippen MR) is 74.1 cm³/mol. The lowest BCUT2D eigenvalue weighted by Crippen LogP contribution is -1.93. The molecule has 0 atom stereocenters. The van der Waals surface area contributed by atoms with Crippen LogP contribution in [0.4, 0.5) is 13.2 Å². The molecule has 0 fully saturated rings. The minimum Gasteiger partial charge on any atom is -0.256 e. The third-order valence-corrected chi connectivity index (χ3v) is 2.29. The van der Waals surface area contributed by atoms with E-state index in [1.807, 2.05) is 27.7 Å². The molecule has 0 aliphatic rings. The average Bonchev–Trinajstić information content (AvgIpc) is 2.43. The molecule has 0 spiro atoms. The van der Waals surface area contributed by atoms with Gasteiger partial charge in [-0.15, -0.1) is 0 Å². The lowest BCUT2D eigenvalue weighted by atomic mass is 10.1. The van der Waals surface area contributed by atoms with Gasteiger partial charge < -0.3 is 0 Å². The van der Waals surface area contributed by atoms with Crippen LogP contribution in [0.2, 0.25) is 0 Å². The normalized spacial score (nSPS) is 9.53. The van der Waals surface area contributed by atoms with Crippen molar-refractivity contribution in [2.45, 2.75) is 41.0 Å². The second kappa shape index (κ2) is 8.51. The summed E-state index contributed by atoms with van der Waals surface area (Å²) in [4.78, 5) is 3.86. The van der Waals surface area contributed by atoms with E-state index in [0.29, 0.717) is 5.39 Å². The Labute approximate surface area is 112 Å². The molecule has 0 saturated heterocycles. The van der Waals surface area contributed by atoms with Crippen molar-refractivity contribution in [3.63, 3.8) is 0 Å². The third kappa shape index (κ3) is 4.23. The number of aryl methyl sites for hydroxylation is 1. The number of halogens is 3. The Morgan fingerprint density at radius 1 is 1.05 bits per heavy atom. The van der Waals surface area contributed by atoms with Gasteiger partial charge in [0.05, 0.1) is 5.52 Å². The maximum Gasteiger partial charge on any atom is 0.266 e. The van der Waals surface area contributed by atoms with Gasteiger partial charge in [0.15, 0.2) is 0 Å². The van der Waals surface area contributed by atoms with E-state index in [4.69, 9.17) is 0 Å². The molecule has 0 unspecified atom stereocenters. The van der Waals surface area contributed by atoms with Gasteiger partial charge >= 0.3 is 0 Å². The molecule has 4 heteroatoms. The van der Waals surface area contributed by atoms with Crippen molar-refractivity contribution in [1.29, 1.82) is 0 Å². The minimum atomic E-state index is -2.71. The van der Waals surface area contributed by atoms with E-state index in [1.54, 1.807) is 13.0 Å². The molecule has 106 valence electrons. The van der Waals surface area contributed by atoms with Gasteiger partial charge in [0.1, 0.15) is 5.82 Å². The molecular weight excluding hydrogens is 251 g/mol. The summed E-state index contributed by atoms with van der Waals surface area (Å²) >= 11 is 0. The number of fused-ring (bicyclic) bond motifs is 1. The monoisotopic (exact) mass is 271 g/mol. The molecule has 0 N–H and O–H groups in total. The summed E-state index contributed by atoms with van der Waals surface area (Å²) in [5.41, 5.74) is 0.557. The largest absolute Gasteiger partial charge is 0.266 e. The molecule has 2 aromatic rings. The number of hydrogen-bond donors (Lipinski definition) is 0. The molecule has 0 saturated carbocycles. The van der Waals surface area contributed by atoms with Gasteiger partial charge in [-0.2, -0.15) is 0 Å². The predicted octanol–water partition coefficient (Wildman–Crippen LogP) is 5.67. The van der Waals surface area contributed by atoms with E-state index in [-0.39, 0.29) is 11.1 Å². The fourth-order valence-corrected chi connectivity index (χ4v) is 1.54. The zero-order valence-corrected chi connectivity index (χ0v) is 12.0. The number of hydrogen-bond acceptors (Lipinski definition) is 1. The SMILES string of the molecule is CC.CC.Cc1ccnc2c(C(F)F)cc(F)cc12. The summed E-state index contributed by atoms with van der Waals surface area (Å²) in [6.07, 6.45) is -1.26. The van der Waals surface area contributed by atoms with Crippen molar-refractivity contribution >= 4 is 10.9 Å². The van der Waals surface area contributed by atoms with E-state index in [2.05, 4.69) is 4.98 Å². The summed E-state index contributed by atoms with van der Waals surface area (Å²) in [5.74, 6) is -0.658. The molecular formula is C15H20F3N. The maximum atomic E-state index is 13.1. The Hall–Kier alpha value is -1.58. The first-order valence-corrected chi connectivity index (χ1v) is 6.42. The van der Waals surface area contributed by atoms with Crippen LogP contribution in [-0.2, 0) is 0 Å². The van der Waals surface area contributed by atoms with Gasteiger partial charge in [0.25, 0.3) is 6.43 Å². The standard InChI is InChI=1S/C11H8F3N.2C2H6/c1-6-2-3-15-10-8(6)4-7(12)5-9(10)11(13)14;2*1-2/h2-5,11H,1H3;2*1-2H3. The third-order valence-electron chi connectivity index (χ3n) is 2.29. The average molecular weight is 271 g/mol. The van der Waals surface area contributed by atoms with E-state index < -0.39 is 12.2 Å². The summed E-state index contributed by atoms with van der Waals surface area (Å²) in [5, 5.41) is 0.438. The van der Waals surface area contributed by atoms with Gasteiger partial charge in [-0.1, -0.05) is 27.7 Å². The highest BCUT2D eigenvalue weighted by Gasteiger charge is 2.15. The Kier molecular flexibility index (Phi) is 7.80. The van der Waals surface area contributed by atoms with Crippen molar-refractivity contribution in [3.05, 3.63) is 41.3 Å². The summed E-state index contributed by atoms with van der Waals surface area (Å²) in [6, 6.07) is 3.72. The fourth-order valence-electron chi connectivity index (χ4n) is 1.54. The van der Waals surface area contributed by atoms with Crippen LogP contribution >= 0.6 is 0 Å². The zero-order valence-electron chi connectivity index (χ0n) is 12.0. The van der Waals surface area contributed by atoms with Crippen molar-refractivity contribution in [3.8, 4) is 0 Å². The molecule has 1 heterocycles. The summed E-state index contributed by atoms with van der Waals surface area (Å²) in [6.45, 7) is 9.73. The smallest absolute Gasteiger partial charge is 0.256 e. The molecule has 19 heavy (non-hydrogen) atoms. The second-order valence-electron chi connectivity index (χ2n) is 3.32. The first kappa shape index (κ1) is 17.4. The van der Waals surface area contributed by atoms with Crippen LogP contribution in [-0.4, -0.2) is 4.98 Å². The van der Waals surface area contributed by atoms with Gasteiger partial charge in [0, 0.05) is 17.1 Å². The van der Waals surface area contributed by atoms with Crippen LogP contribution in [0.3, 0.4) is 0 Å². The van der Waals surface area contributed by atoms with Gasteiger partial charge in [-0.25, -0.2) is 13.2 Å². The second-order valence-corrected chi connectivity index (χ2v) is 3.32. The van der Waals surface area contributed by atoms with E-state index >= 15 is 0 Å². The highest BCUT2D eigenvalue weighted by Crippen LogP contribution is 2.28. The summed E-state index contributed by atoms with van der Waals surface area (Å²) < 4.78 is 38.3. The number of aromatic nitrogens is 1. The first-order valence-electron chi connectivity index (χ1n) is 6.42. The van der Waals surface area contributed by atoms with Gasteiger partial charge in [0.2, 0.25) is 0 Å². The zero-order chi connectivity index (χ0) is 15.0. The van der Waals surface area contributed by atoms with Gasteiger partial charge in [-0.05, 0) is 30.7 Å². The lowest BCUT2D eigenvalue weighted by Gasteiger charge is -2.06. The Morgan fingerprint density at radius 3 is 2.16 bits per heavy atom. The maximum absolute atomic E-state index is 13.1. The van der Waals surface area contributed by atoms with E-state index in [0.717, 1.165) is 11.6 Å². The molecule has 0 aliphatic heterocycles. The molecule has 0 aliphatic carbocycles.